The summed E-state index contributed by atoms with van der Waals surface area (Å²) in [5.74, 6) is -1.12. The van der Waals surface area contributed by atoms with Gasteiger partial charge in [-0.15, -0.1) is 0 Å². The topological polar surface area (TPSA) is 74.7 Å². The minimum atomic E-state index is -0.868. The Hall–Kier alpha value is -1.95. The van der Waals surface area contributed by atoms with Gasteiger partial charge in [0, 0.05) is 30.7 Å². The highest BCUT2D eigenvalue weighted by atomic mass is 16.5. The van der Waals surface area contributed by atoms with E-state index in [-0.39, 0.29) is 18.3 Å². The van der Waals surface area contributed by atoms with Crippen LogP contribution in [-0.4, -0.2) is 42.7 Å². The molecule has 2 heterocycles. The van der Waals surface area contributed by atoms with Crippen molar-refractivity contribution in [2.75, 3.05) is 19.8 Å². The molecular weight excluding hydrogens is 262 g/mol. The van der Waals surface area contributed by atoms with Crippen LogP contribution in [0, 0.1) is 0 Å². The van der Waals surface area contributed by atoms with Gasteiger partial charge in [0.15, 0.2) is 0 Å². The molecule has 0 amide bonds. The summed E-state index contributed by atoms with van der Waals surface area (Å²) in [6, 6.07) is 3.10. The molecule has 1 aliphatic heterocycles. The quantitative estimate of drug-likeness (QED) is 0.460. The van der Waals surface area contributed by atoms with Gasteiger partial charge in [-0.1, -0.05) is 0 Å². The monoisotopic (exact) mass is 279 g/mol. The first kappa shape index (κ1) is 14.5. The minimum absolute atomic E-state index is 0.0860. The average molecular weight is 279 g/mol. The number of rotatable bonds is 5. The van der Waals surface area contributed by atoms with Gasteiger partial charge in [-0.2, -0.15) is 0 Å². The number of esters is 1. The van der Waals surface area contributed by atoms with E-state index in [9.17, 15) is 9.59 Å². The van der Waals surface area contributed by atoms with Gasteiger partial charge in [0.2, 0.25) is 5.88 Å². The van der Waals surface area contributed by atoms with E-state index in [2.05, 4.69) is 9.72 Å². The van der Waals surface area contributed by atoms with Crippen LogP contribution in [0.3, 0.4) is 0 Å². The van der Waals surface area contributed by atoms with Gasteiger partial charge in [0.05, 0.1) is 19.8 Å². The predicted octanol–water partition coefficient (Wildman–Crippen LogP) is 1.39. The van der Waals surface area contributed by atoms with Gasteiger partial charge in [0.25, 0.3) is 5.78 Å². The van der Waals surface area contributed by atoms with Crippen molar-refractivity contribution in [1.29, 1.82) is 0 Å². The van der Waals surface area contributed by atoms with Gasteiger partial charge in [0.1, 0.15) is 6.10 Å². The molecule has 20 heavy (non-hydrogen) atoms. The van der Waals surface area contributed by atoms with Crippen molar-refractivity contribution in [3.05, 3.63) is 23.9 Å². The maximum atomic E-state index is 11.7. The zero-order valence-corrected chi connectivity index (χ0v) is 11.3. The minimum Gasteiger partial charge on any atom is -0.474 e. The Morgan fingerprint density at radius 1 is 1.35 bits per heavy atom. The largest absolute Gasteiger partial charge is 0.474 e. The number of carbonyl (C=O) groups is 2. The Bertz CT molecular complexity index is 465. The van der Waals surface area contributed by atoms with Crippen LogP contribution >= 0.6 is 0 Å². The fourth-order valence-corrected chi connectivity index (χ4v) is 1.86. The zero-order chi connectivity index (χ0) is 14.4. The molecule has 0 bridgehead atoms. The summed E-state index contributed by atoms with van der Waals surface area (Å²) in [6.45, 7) is 3.19. The lowest BCUT2D eigenvalue weighted by Crippen LogP contribution is -2.26. The second-order valence-corrected chi connectivity index (χ2v) is 4.36. The van der Waals surface area contributed by atoms with Crippen molar-refractivity contribution in [1.82, 2.24) is 4.98 Å². The highest BCUT2D eigenvalue weighted by molar-refractivity contribution is 6.40. The number of Topliss-reactive ketones (excluding diaryl/α,β-unsaturated/α-hetero) is 1. The summed E-state index contributed by atoms with van der Waals surface area (Å²) < 4.78 is 15.6. The van der Waals surface area contributed by atoms with Gasteiger partial charge >= 0.3 is 5.97 Å². The van der Waals surface area contributed by atoms with Crippen LogP contribution in [0.4, 0.5) is 0 Å². The Morgan fingerprint density at radius 3 is 2.70 bits per heavy atom. The number of aromatic nitrogens is 1. The first-order chi connectivity index (χ1) is 9.70. The van der Waals surface area contributed by atoms with E-state index in [1.54, 1.807) is 13.0 Å². The predicted molar refractivity (Wildman–Crippen MR) is 69.7 cm³/mol. The number of ketones is 1. The molecule has 0 unspecified atom stereocenters. The summed E-state index contributed by atoms with van der Waals surface area (Å²) >= 11 is 0. The third-order valence-electron chi connectivity index (χ3n) is 2.92. The lowest BCUT2D eigenvalue weighted by atomic mass is 10.1. The van der Waals surface area contributed by atoms with Crippen LogP contribution in [-0.2, 0) is 14.3 Å². The number of nitrogens with zero attached hydrogens (tertiary/aromatic N) is 1. The van der Waals surface area contributed by atoms with Crippen LogP contribution in [0.5, 0.6) is 5.88 Å². The van der Waals surface area contributed by atoms with Gasteiger partial charge in [-0.3, -0.25) is 4.79 Å². The van der Waals surface area contributed by atoms with E-state index in [1.807, 2.05) is 0 Å². The number of carbonyl (C=O) groups excluding carboxylic acids is 2. The molecule has 2 rings (SSSR count). The number of ether oxygens (including phenoxy) is 3. The lowest BCUT2D eigenvalue weighted by molar-refractivity contribution is -0.137. The van der Waals surface area contributed by atoms with Crippen LogP contribution in [0.1, 0.15) is 30.1 Å². The van der Waals surface area contributed by atoms with Gasteiger partial charge < -0.3 is 14.2 Å². The van der Waals surface area contributed by atoms with E-state index in [0.29, 0.717) is 19.1 Å². The normalized spacial score (nSPS) is 15.7. The summed E-state index contributed by atoms with van der Waals surface area (Å²) in [5.41, 5.74) is 0.197. The number of hydrogen-bond acceptors (Lipinski definition) is 6. The highest BCUT2D eigenvalue weighted by Gasteiger charge is 2.19. The third kappa shape index (κ3) is 3.77. The third-order valence-corrected chi connectivity index (χ3v) is 2.92. The SMILES string of the molecule is CCOC(=O)C(=O)c1ccc(OC2CCOCC2)nc1. The van der Waals surface area contributed by atoms with Crippen molar-refractivity contribution < 1.29 is 23.8 Å². The molecule has 1 aromatic heterocycles. The molecule has 0 N–H and O–H groups in total. The van der Waals surface area contributed by atoms with E-state index in [1.165, 1.54) is 12.3 Å². The molecule has 108 valence electrons. The van der Waals surface area contributed by atoms with Crippen molar-refractivity contribution in [2.45, 2.75) is 25.9 Å². The summed E-state index contributed by atoms with van der Waals surface area (Å²) in [7, 11) is 0. The highest BCUT2D eigenvalue weighted by Crippen LogP contribution is 2.16. The van der Waals surface area contributed by atoms with Crippen molar-refractivity contribution in [3.63, 3.8) is 0 Å². The molecule has 1 aliphatic rings. The van der Waals surface area contributed by atoms with Gasteiger partial charge in [-0.25, -0.2) is 9.78 Å². The van der Waals surface area contributed by atoms with Gasteiger partial charge in [-0.05, 0) is 13.0 Å². The van der Waals surface area contributed by atoms with Crippen LogP contribution in [0.15, 0.2) is 18.3 Å². The first-order valence-corrected chi connectivity index (χ1v) is 6.62. The van der Waals surface area contributed by atoms with Crippen molar-refractivity contribution in [3.8, 4) is 5.88 Å². The molecule has 0 saturated carbocycles. The molecule has 1 fully saturated rings. The van der Waals surface area contributed by atoms with Crippen LogP contribution < -0.4 is 4.74 Å². The first-order valence-electron chi connectivity index (χ1n) is 6.62. The maximum absolute atomic E-state index is 11.7. The maximum Gasteiger partial charge on any atom is 0.379 e. The molecule has 0 aromatic carbocycles. The molecule has 1 saturated heterocycles. The molecule has 0 radical (unpaired) electrons. The number of pyridine rings is 1. The molecule has 0 spiro atoms. The summed E-state index contributed by atoms with van der Waals surface area (Å²) in [6.07, 6.45) is 3.06. The van der Waals surface area contributed by atoms with E-state index >= 15 is 0 Å². The van der Waals surface area contributed by atoms with E-state index < -0.39 is 11.8 Å². The zero-order valence-electron chi connectivity index (χ0n) is 11.3. The van der Waals surface area contributed by atoms with Crippen LogP contribution in [0.2, 0.25) is 0 Å². The fourth-order valence-electron chi connectivity index (χ4n) is 1.86. The van der Waals surface area contributed by atoms with Crippen molar-refractivity contribution >= 4 is 11.8 Å². The summed E-state index contributed by atoms with van der Waals surface area (Å²) in [4.78, 5) is 27.0. The average Bonchev–Trinajstić information content (AvgIpc) is 2.48. The Labute approximate surface area is 117 Å². The smallest absolute Gasteiger partial charge is 0.379 e. The van der Waals surface area contributed by atoms with E-state index in [0.717, 1.165) is 12.8 Å². The molecular formula is C14H17NO5. The van der Waals surface area contributed by atoms with E-state index in [4.69, 9.17) is 9.47 Å². The molecule has 6 nitrogen and oxygen atoms in total. The number of hydrogen-bond donors (Lipinski definition) is 0. The molecule has 1 aromatic rings. The second-order valence-electron chi connectivity index (χ2n) is 4.36. The molecule has 0 atom stereocenters. The standard InChI is InChI=1S/C14H17NO5/c1-2-19-14(17)13(16)10-3-4-12(15-9-10)20-11-5-7-18-8-6-11/h3-4,9,11H,2,5-8H2,1H3. The Kier molecular flexibility index (Phi) is 5.06. The van der Waals surface area contributed by atoms with Crippen molar-refractivity contribution in [2.24, 2.45) is 0 Å². The summed E-state index contributed by atoms with van der Waals surface area (Å²) in [5, 5.41) is 0. The molecule has 0 aliphatic carbocycles. The van der Waals surface area contributed by atoms with Crippen LogP contribution in [0.25, 0.3) is 0 Å². The Balaban J connectivity index is 1.95. The Morgan fingerprint density at radius 2 is 2.10 bits per heavy atom. The lowest BCUT2D eigenvalue weighted by Gasteiger charge is -2.22. The molecule has 6 heteroatoms. The second kappa shape index (κ2) is 7.00. The fraction of sp³-hybridized carbons (Fsp3) is 0.500.